The topological polar surface area (TPSA) is 149 Å². The highest BCUT2D eigenvalue weighted by atomic mass is 35.5. The van der Waals surface area contributed by atoms with E-state index in [1.807, 2.05) is 0 Å². The number of halogens is 5. The number of hydrogen-bond acceptors (Lipinski definition) is 8. The number of anilines is 2. The van der Waals surface area contributed by atoms with Gasteiger partial charge in [-0.1, -0.05) is 64.5 Å². The molecule has 1 saturated heterocycles. The number of amides is 3. The van der Waals surface area contributed by atoms with Crippen molar-refractivity contribution in [3.8, 4) is 0 Å². The highest BCUT2D eigenvalue weighted by Crippen LogP contribution is 2.55. The third kappa shape index (κ3) is 6.09. The SMILES string of the molecule is NS(=O)(=O)c1ccc(NC(=O)Cn2c3c(sc2=O)[C@@H](c2cccc(Cl)c2Cl)[C@@H]2C(=O)N(c4cccc(C(F)(F)F)c4)C(=O)[C@@H]2S3)cc1. The summed E-state index contributed by atoms with van der Waals surface area (Å²) < 4.78 is 64.8. The van der Waals surface area contributed by atoms with Crippen LogP contribution in [0.2, 0.25) is 10.0 Å². The van der Waals surface area contributed by atoms with Crippen LogP contribution in [0, 0.1) is 5.92 Å². The van der Waals surface area contributed by atoms with E-state index in [4.69, 9.17) is 28.3 Å². The van der Waals surface area contributed by atoms with Crippen molar-refractivity contribution >= 4 is 85.4 Å². The number of thiazole rings is 1. The van der Waals surface area contributed by atoms with E-state index in [0.29, 0.717) is 21.4 Å². The van der Waals surface area contributed by atoms with Gasteiger partial charge in [0.2, 0.25) is 27.7 Å². The summed E-state index contributed by atoms with van der Waals surface area (Å²) in [5, 5.41) is 6.87. The smallest absolute Gasteiger partial charge is 0.325 e. The molecule has 0 spiro atoms. The highest BCUT2D eigenvalue weighted by Gasteiger charge is 2.57. The summed E-state index contributed by atoms with van der Waals surface area (Å²) >= 11 is 14.5. The van der Waals surface area contributed by atoms with Gasteiger partial charge in [0, 0.05) is 16.5 Å². The van der Waals surface area contributed by atoms with Gasteiger partial charge in [0.15, 0.2) is 0 Å². The van der Waals surface area contributed by atoms with Crippen molar-refractivity contribution in [2.45, 2.75) is 33.8 Å². The summed E-state index contributed by atoms with van der Waals surface area (Å²) in [6.45, 7) is -0.526. The van der Waals surface area contributed by atoms with Gasteiger partial charge in [0.25, 0.3) is 0 Å². The number of benzene rings is 3. The average Bonchev–Trinajstić information content (AvgIpc) is 3.44. The molecule has 10 nitrogen and oxygen atoms in total. The first-order valence-electron chi connectivity index (χ1n) is 13.4. The Bertz CT molecular complexity index is 2140. The molecule has 2 aliphatic rings. The number of fused-ring (bicyclic) bond motifs is 2. The summed E-state index contributed by atoms with van der Waals surface area (Å²) in [5.41, 5.74) is -0.792. The Balaban J connectivity index is 1.40. The molecule has 0 radical (unpaired) electrons. The molecule has 3 aromatic carbocycles. The first-order valence-corrected chi connectivity index (χ1v) is 17.4. The Morgan fingerprint density at radius 2 is 1.66 bits per heavy atom. The van der Waals surface area contributed by atoms with Crippen LogP contribution in [0.5, 0.6) is 0 Å². The maximum absolute atomic E-state index is 14.0. The maximum atomic E-state index is 14.0. The number of aromatic nitrogens is 1. The second-order valence-electron chi connectivity index (χ2n) is 10.5. The van der Waals surface area contributed by atoms with Gasteiger partial charge >= 0.3 is 11.0 Å². The van der Waals surface area contributed by atoms with Gasteiger partial charge < -0.3 is 5.32 Å². The molecule has 1 fully saturated rings. The summed E-state index contributed by atoms with van der Waals surface area (Å²) in [5.74, 6) is -4.45. The van der Waals surface area contributed by atoms with Crippen molar-refractivity contribution < 1.29 is 36.0 Å². The molecule has 3 atom stereocenters. The van der Waals surface area contributed by atoms with E-state index < -0.39 is 68.0 Å². The molecule has 3 heterocycles. The number of carbonyl (C=O) groups excluding carboxylic acids is 3. The van der Waals surface area contributed by atoms with Crippen LogP contribution in [0.25, 0.3) is 0 Å². The van der Waals surface area contributed by atoms with Crippen LogP contribution in [-0.4, -0.2) is 36.0 Å². The van der Waals surface area contributed by atoms with E-state index in [9.17, 15) is 40.8 Å². The van der Waals surface area contributed by atoms with Crippen molar-refractivity contribution in [1.29, 1.82) is 0 Å². The minimum absolute atomic E-state index is 0.0571. The minimum Gasteiger partial charge on any atom is -0.325 e. The van der Waals surface area contributed by atoms with Crippen molar-refractivity contribution in [2.24, 2.45) is 11.1 Å². The maximum Gasteiger partial charge on any atom is 0.416 e. The number of thioether (sulfide) groups is 1. The van der Waals surface area contributed by atoms with Crippen LogP contribution in [0.4, 0.5) is 24.5 Å². The summed E-state index contributed by atoms with van der Waals surface area (Å²) in [7, 11) is -3.97. The predicted molar refractivity (Wildman–Crippen MR) is 170 cm³/mol. The molecular formula is C29H19Cl2F3N4O6S3. The molecule has 0 aliphatic carbocycles. The lowest BCUT2D eigenvalue weighted by Gasteiger charge is -2.31. The van der Waals surface area contributed by atoms with E-state index in [0.717, 1.165) is 39.8 Å². The van der Waals surface area contributed by atoms with Crippen LogP contribution in [0.15, 0.2) is 81.4 Å². The van der Waals surface area contributed by atoms with Gasteiger partial charge in [0.05, 0.1) is 37.1 Å². The number of primary sulfonamides is 1. The molecule has 18 heteroatoms. The van der Waals surface area contributed by atoms with Gasteiger partial charge in [-0.05, 0) is 54.1 Å². The van der Waals surface area contributed by atoms with Gasteiger partial charge in [0.1, 0.15) is 11.8 Å². The van der Waals surface area contributed by atoms with E-state index in [1.165, 1.54) is 36.4 Å². The standard InChI is InChI=1S/C29H19Cl2F3N4O6S3/c30-18-6-2-5-17(22(18)31)20-21-23(26(41)38(25(21)40)15-4-1-3-13(11-15)29(32,33)34)45-27-24(20)46-28(42)37(27)12-19(39)36-14-7-9-16(10-8-14)47(35,43)44/h1-11,20-21,23H,12H2,(H,36,39)(H2,35,43,44)/t20-,21-,23+/m0/s1. The Morgan fingerprint density at radius 1 is 0.979 bits per heavy atom. The Hall–Kier alpha value is -3.67. The van der Waals surface area contributed by atoms with Crippen LogP contribution in [0.1, 0.15) is 21.9 Å². The quantitative estimate of drug-likeness (QED) is 0.254. The monoisotopic (exact) mass is 742 g/mol. The zero-order valence-electron chi connectivity index (χ0n) is 23.3. The zero-order chi connectivity index (χ0) is 34.0. The number of imide groups is 1. The highest BCUT2D eigenvalue weighted by molar-refractivity contribution is 8.00. The average molecular weight is 744 g/mol. The molecule has 0 unspecified atom stereocenters. The number of sulfonamides is 1. The normalized spacial score (nSPS) is 19.4. The van der Waals surface area contributed by atoms with Gasteiger partial charge in [-0.3, -0.25) is 23.7 Å². The number of alkyl halides is 3. The lowest BCUT2D eigenvalue weighted by molar-refractivity contribution is -0.137. The zero-order valence-corrected chi connectivity index (χ0v) is 27.3. The fraction of sp³-hybridized carbons (Fsp3) is 0.172. The van der Waals surface area contributed by atoms with Crippen molar-refractivity contribution in [3.63, 3.8) is 0 Å². The van der Waals surface area contributed by atoms with E-state index in [2.05, 4.69) is 5.32 Å². The molecule has 2 aliphatic heterocycles. The number of rotatable bonds is 6. The molecule has 0 bridgehead atoms. The van der Waals surface area contributed by atoms with Gasteiger partial charge in [-0.2, -0.15) is 13.2 Å². The Morgan fingerprint density at radius 3 is 2.32 bits per heavy atom. The van der Waals surface area contributed by atoms with Crippen molar-refractivity contribution in [1.82, 2.24) is 4.57 Å². The van der Waals surface area contributed by atoms with Crippen LogP contribution < -0.4 is 20.2 Å². The van der Waals surface area contributed by atoms with E-state index in [-0.39, 0.29) is 31.3 Å². The molecule has 4 aromatic rings. The molecule has 1 aromatic heterocycles. The Labute approximate surface area is 282 Å². The number of nitrogens with two attached hydrogens (primary N) is 1. The van der Waals surface area contributed by atoms with Crippen molar-refractivity contribution in [2.75, 3.05) is 10.2 Å². The van der Waals surface area contributed by atoms with E-state index >= 15 is 0 Å². The summed E-state index contributed by atoms with van der Waals surface area (Å²) in [6, 6.07) is 13.5. The molecule has 3 N–H and O–H groups in total. The number of nitrogens with one attached hydrogen (secondary N) is 1. The number of hydrogen-bond donors (Lipinski definition) is 2. The fourth-order valence-electron chi connectivity index (χ4n) is 5.50. The molecule has 0 saturated carbocycles. The first-order chi connectivity index (χ1) is 22.1. The second kappa shape index (κ2) is 12.1. The van der Waals surface area contributed by atoms with Crippen LogP contribution in [-0.2, 0) is 37.1 Å². The first kappa shape index (κ1) is 33.2. The van der Waals surface area contributed by atoms with Crippen molar-refractivity contribution in [3.05, 3.63) is 102 Å². The fourth-order valence-corrected chi connectivity index (χ4v) is 9.20. The molecule has 47 heavy (non-hydrogen) atoms. The molecule has 3 amide bonds. The largest absolute Gasteiger partial charge is 0.416 e. The second-order valence-corrected chi connectivity index (χ2v) is 15.0. The number of carbonyl (C=O) groups is 3. The summed E-state index contributed by atoms with van der Waals surface area (Å²) in [6.07, 6.45) is -4.73. The van der Waals surface area contributed by atoms with Gasteiger partial charge in [-0.15, -0.1) is 0 Å². The molecular weight excluding hydrogens is 724 g/mol. The molecule has 244 valence electrons. The van der Waals surface area contributed by atoms with E-state index in [1.54, 1.807) is 12.1 Å². The van der Waals surface area contributed by atoms with Gasteiger partial charge in [-0.25, -0.2) is 18.5 Å². The number of nitrogens with zero attached hydrogens (tertiary/aromatic N) is 2. The Kier molecular flexibility index (Phi) is 8.55. The third-order valence-electron chi connectivity index (χ3n) is 7.57. The van der Waals surface area contributed by atoms with Crippen LogP contribution >= 0.6 is 46.3 Å². The van der Waals surface area contributed by atoms with Crippen LogP contribution in [0.3, 0.4) is 0 Å². The molecule has 6 rings (SSSR count). The third-order valence-corrected chi connectivity index (χ3v) is 11.9. The lowest BCUT2D eigenvalue weighted by atomic mass is 9.83. The minimum atomic E-state index is -4.73. The lowest BCUT2D eigenvalue weighted by Crippen LogP contribution is -2.33. The predicted octanol–water partition coefficient (Wildman–Crippen LogP) is 5.32. The summed E-state index contributed by atoms with van der Waals surface area (Å²) in [4.78, 5) is 54.5.